The summed E-state index contributed by atoms with van der Waals surface area (Å²) in [7, 11) is 0. The van der Waals surface area contributed by atoms with Crippen molar-refractivity contribution in [2.45, 2.75) is 13.1 Å². The van der Waals surface area contributed by atoms with E-state index >= 15 is 0 Å². The average molecular weight is 358 g/mol. The maximum Gasteiger partial charge on any atom is 0.251 e. The van der Waals surface area contributed by atoms with Gasteiger partial charge < -0.3 is 5.32 Å². The van der Waals surface area contributed by atoms with Crippen LogP contribution in [0.2, 0.25) is 0 Å². The Labute approximate surface area is 156 Å². The Kier molecular flexibility index (Phi) is 4.74. The number of carbonyl (C=O) groups excluding carboxylic acids is 1. The molecule has 2 aromatic carbocycles. The van der Waals surface area contributed by atoms with E-state index in [9.17, 15) is 4.79 Å². The van der Waals surface area contributed by atoms with Crippen LogP contribution in [-0.2, 0) is 13.1 Å². The van der Waals surface area contributed by atoms with Gasteiger partial charge in [0, 0.05) is 29.6 Å². The number of nitrogens with one attached hydrogen (secondary N) is 1. The number of rotatable bonds is 6. The van der Waals surface area contributed by atoms with Gasteiger partial charge in [0.2, 0.25) is 0 Å². The normalized spacial score (nSPS) is 10.7. The molecule has 2 aromatic heterocycles. The lowest BCUT2D eigenvalue weighted by atomic mass is 10.2. The largest absolute Gasteiger partial charge is 0.348 e. The van der Waals surface area contributed by atoms with Gasteiger partial charge in [-0.05, 0) is 23.8 Å². The number of carbonyl (C=O) groups is 1. The van der Waals surface area contributed by atoms with Crippen LogP contribution in [0.1, 0.15) is 21.5 Å². The van der Waals surface area contributed by atoms with Crippen molar-refractivity contribution in [1.82, 2.24) is 29.9 Å². The Morgan fingerprint density at radius 3 is 2.59 bits per heavy atom. The quantitative estimate of drug-likeness (QED) is 0.574. The first kappa shape index (κ1) is 16.7. The summed E-state index contributed by atoms with van der Waals surface area (Å²) in [5.41, 5.74) is 3.55. The molecule has 0 aliphatic carbocycles. The van der Waals surface area contributed by atoms with E-state index < -0.39 is 0 Å². The van der Waals surface area contributed by atoms with Crippen molar-refractivity contribution >= 4 is 5.91 Å². The Bertz CT molecular complexity index is 1020. The van der Waals surface area contributed by atoms with E-state index in [4.69, 9.17) is 0 Å². The minimum absolute atomic E-state index is 0.138. The number of benzene rings is 2. The first-order valence-corrected chi connectivity index (χ1v) is 8.56. The zero-order valence-corrected chi connectivity index (χ0v) is 14.6. The third-order valence-corrected chi connectivity index (χ3v) is 4.15. The third-order valence-electron chi connectivity index (χ3n) is 4.15. The van der Waals surface area contributed by atoms with Gasteiger partial charge in [-0.1, -0.05) is 36.4 Å². The molecular weight excluding hydrogens is 340 g/mol. The van der Waals surface area contributed by atoms with Gasteiger partial charge >= 0.3 is 0 Å². The lowest BCUT2D eigenvalue weighted by molar-refractivity contribution is 0.0951. The van der Waals surface area contributed by atoms with Crippen LogP contribution in [0, 0.1) is 0 Å². The van der Waals surface area contributed by atoms with Crippen LogP contribution in [0.15, 0.2) is 79.6 Å². The monoisotopic (exact) mass is 358 g/mol. The van der Waals surface area contributed by atoms with Crippen LogP contribution in [0.5, 0.6) is 0 Å². The van der Waals surface area contributed by atoms with Gasteiger partial charge in [0.05, 0.1) is 12.7 Å². The highest BCUT2D eigenvalue weighted by molar-refractivity contribution is 5.94. The standard InChI is InChI=1S/C20H18N6O/c27-20(18-7-4-8-19(9-18)25-14-22-23-15-25)21-10-17-11-24-26(13-17)12-16-5-2-1-3-6-16/h1-9,11,13-15H,10,12H2,(H,21,27). The number of aromatic nitrogens is 5. The summed E-state index contributed by atoms with van der Waals surface area (Å²) >= 11 is 0. The summed E-state index contributed by atoms with van der Waals surface area (Å²) in [5.74, 6) is -0.138. The molecule has 2 heterocycles. The van der Waals surface area contributed by atoms with E-state index in [0.717, 1.165) is 11.3 Å². The molecular formula is C20H18N6O. The molecule has 0 saturated heterocycles. The summed E-state index contributed by atoms with van der Waals surface area (Å²) in [6.07, 6.45) is 6.91. The highest BCUT2D eigenvalue weighted by Gasteiger charge is 2.08. The average Bonchev–Trinajstić information content (AvgIpc) is 3.39. The second-order valence-corrected chi connectivity index (χ2v) is 6.13. The molecule has 4 aromatic rings. The van der Waals surface area contributed by atoms with Crippen molar-refractivity contribution in [3.63, 3.8) is 0 Å². The first-order valence-electron chi connectivity index (χ1n) is 8.56. The minimum atomic E-state index is -0.138. The molecule has 0 bridgehead atoms. The molecule has 1 amide bonds. The molecule has 27 heavy (non-hydrogen) atoms. The summed E-state index contributed by atoms with van der Waals surface area (Å²) in [6.45, 7) is 1.13. The molecule has 0 atom stereocenters. The molecule has 0 unspecified atom stereocenters. The zero-order valence-electron chi connectivity index (χ0n) is 14.6. The smallest absolute Gasteiger partial charge is 0.251 e. The number of nitrogens with zero attached hydrogens (tertiary/aromatic N) is 5. The van der Waals surface area contributed by atoms with E-state index in [2.05, 4.69) is 32.7 Å². The molecule has 0 aliphatic heterocycles. The van der Waals surface area contributed by atoms with E-state index in [1.165, 1.54) is 5.56 Å². The Morgan fingerprint density at radius 1 is 0.963 bits per heavy atom. The second kappa shape index (κ2) is 7.65. The van der Waals surface area contributed by atoms with E-state index in [0.29, 0.717) is 18.7 Å². The minimum Gasteiger partial charge on any atom is -0.348 e. The van der Waals surface area contributed by atoms with Gasteiger partial charge in [0.1, 0.15) is 12.7 Å². The molecule has 0 radical (unpaired) electrons. The van der Waals surface area contributed by atoms with Crippen molar-refractivity contribution in [3.8, 4) is 5.69 Å². The molecule has 0 saturated carbocycles. The number of hydrogen-bond donors (Lipinski definition) is 1. The summed E-state index contributed by atoms with van der Waals surface area (Å²) in [6, 6.07) is 17.4. The maximum atomic E-state index is 12.5. The topological polar surface area (TPSA) is 77.6 Å². The van der Waals surface area contributed by atoms with Crippen molar-refractivity contribution < 1.29 is 4.79 Å². The van der Waals surface area contributed by atoms with Crippen molar-refractivity contribution in [2.75, 3.05) is 0 Å². The third kappa shape index (κ3) is 4.09. The highest BCUT2D eigenvalue weighted by Crippen LogP contribution is 2.10. The van der Waals surface area contributed by atoms with Gasteiger partial charge in [0.15, 0.2) is 0 Å². The van der Waals surface area contributed by atoms with Crippen LogP contribution < -0.4 is 5.32 Å². The van der Waals surface area contributed by atoms with Crippen LogP contribution >= 0.6 is 0 Å². The van der Waals surface area contributed by atoms with E-state index in [1.807, 2.05) is 41.2 Å². The molecule has 0 spiro atoms. The van der Waals surface area contributed by atoms with Crippen LogP contribution in [0.3, 0.4) is 0 Å². The van der Waals surface area contributed by atoms with Crippen molar-refractivity contribution in [2.24, 2.45) is 0 Å². The van der Waals surface area contributed by atoms with Crippen LogP contribution in [0.4, 0.5) is 0 Å². The van der Waals surface area contributed by atoms with Gasteiger partial charge in [-0.25, -0.2) is 0 Å². The van der Waals surface area contributed by atoms with Crippen molar-refractivity contribution in [1.29, 1.82) is 0 Å². The first-order chi connectivity index (χ1) is 13.3. The molecule has 0 fully saturated rings. The van der Waals surface area contributed by atoms with Gasteiger partial charge in [0.25, 0.3) is 5.91 Å². The van der Waals surface area contributed by atoms with Gasteiger partial charge in [-0.15, -0.1) is 10.2 Å². The maximum absolute atomic E-state index is 12.5. The SMILES string of the molecule is O=C(NCc1cnn(Cc2ccccc2)c1)c1cccc(-n2cnnc2)c1. The van der Waals surface area contributed by atoms with Gasteiger partial charge in [-0.3, -0.25) is 14.0 Å². The number of amides is 1. The molecule has 7 heteroatoms. The predicted molar refractivity (Wildman–Crippen MR) is 100 cm³/mol. The molecule has 1 N–H and O–H groups in total. The van der Waals surface area contributed by atoms with Crippen molar-refractivity contribution in [3.05, 3.63) is 96.3 Å². The second-order valence-electron chi connectivity index (χ2n) is 6.13. The Morgan fingerprint density at radius 2 is 1.78 bits per heavy atom. The fraction of sp³-hybridized carbons (Fsp3) is 0.100. The number of hydrogen-bond acceptors (Lipinski definition) is 4. The molecule has 134 valence electrons. The Hall–Kier alpha value is -3.74. The van der Waals surface area contributed by atoms with Crippen LogP contribution in [-0.4, -0.2) is 30.5 Å². The molecule has 7 nitrogen and oxygen atoms in total. The lowest BCUT2D eigenvalue weighted by Crippen LogP contribution is -2.22. The summed E-state index contributed by atoms with van der Waals surface area (Å²) in [5, 5.41) is 14.9. The summed E-state index contributed by atoms with van der Waals surface area (Å²) in [4.78, 5) is 12.5. The van der Waals surface area contributed by atoms with Gasteiger partial charge in [-0.2, -0.15) is 5.10 Å². The van der Waals surface area contributed by atoms with Crippen LogP contribution in [0.25, 0.3) is 5.69 Å². The highest BCUT2D eigenvalue weighted by atomic mass is 16.1. The Balaban J connectivity index is 1.38. The van der Waals surface area contributed by atoms with E-state index in [1.54, 1.807) is 35.6 Å². The fourth-order valence-corrected chi connectivity index (χ4v) is 2.78. The molecule has 4 rings (SSSR count). The zero-order chi connectivity index (χ0) is 18.5. The fourth-order valence-electron chi connectivity index (χ4n) is 2.78. The summed E-state index contributed by atoms with van der Waals surface area (Å²) < 4.78 is 3.62. The van der Waals surface area contributed by atoms with E-state index in [-0.39, 0.29) is 5.91 Å². The predicted octanol–water partition coefficient (Wildman–Crippen LogP) is 2.44. The molecule has 0 aliphatic rings. The lowest BCUT2D eigenvalue weighted by Gasteiger charge is -2.06.